The van der Waals surface area contributed by atoms with Gasteiger partial charge in [0.25, 0.3) is 0 Å². The average molecular weight is 211 g/mol. The van der Waals surface area contributed by atoms with Crippen molar-refractivity contribution in [2.75, 3.05) is 17.2 Å². The van der Waals surface area contributed by atoms with Crippen molar-refractivity contribution in [3.05, 3.63) is 24.3 Å². The van der Waals surface area contributed by atoms with E-state index in [0.717, 1.165) is 22.9 Å². The Morgan fingerprint density at radius 2 is 2.00 bits per heavy atom. The normalized spacial score (nSPS) is 26.4. The lowest BCUT2D eigenvalue weighted by Crippen LogP contribution is -2.29. The van der Waals surface area contributed by atoms with Crippen LogP contribution >= 0.6 is 11.8 Å². The zero-order valence-corrected chi connectivity index (χ0v) is 8.54. The Balaban J connectivity index is 2.00. The maximum Gasteiger partial charge on any atom is 0.134 e. The van der Waals surface area contributed by atoms with Gasteiger partial charge in [-0.2, -0.15) is 11.8 Å². The second-order valence-electron chi connectivity index (χ2n) is 3.33. The third-order valence-electron chi connectivity index (χ3n) is 2.17. The van der Waals surface area contributed by atoms with Crippen molar-refractivity contribution in [1.82, 2.24) is 0 Å². The number of nitrogens with two attached hydrogens (primary N) is 1. The number of rotatable bonds is 2. The lowest BCUT2D eigenvalue weighted by molar-refractivity contribution is 0.0738. The molecule has 0 aromatic heterocycles. The summed E-state index contributed by atoms with van der Waals surface area (Å²) in [5.74, 6) is 2.39. The molecule has 1 saturated heterocycles. The van der Waals surface area contributed by atoms with Gasteiger partial charge >= 0.3 is 0 Å². The molecule has 0 radical (unpaired) electrons. The Bertz CT molecular complexity index is 301. The van der Waals surface area contributed by atoms with E-state index in [2.05, 4.69) is 0 Å². The molecule has 14 heavy (non-hydrogen) atoms. The van der Waals surface area contributed by atoms with Gasteiger partial charge in [0.2, 0.25) is 0 Å². The molecule has 1 aliphatic heterocycles. The minimum absolute atomic E-state index is 0.0800. The van der Waals surface area contributed by atoms with Crippen molar-refractivity contribution in [3.63, 3.8) is 0 Å². The summed E-state index contributed by atoms with van der Waals surface area (Å²) in [6.45, 7) is 0. The molecule has 1 aromatic rings. The number of nitrogen functional groups attached to an aromatic ring is 1. The molecule has 3 nitrogen and oxygen atoms in total. The summed E-state index contributed by atoms with van der Waals surface area (Å²) in [7, 11) is 0. The SMILES string of the molecule is Nc1ccc(O[C@@H]2CSC[C@H]2O)cc1. The molecule has 2 atom stereocenters. The topological polar surface area (TPSA) is 55.5 Å². The van der Waals surface area contributed by atoms with Crippen LogP contribution in [-0.4, -0.2) is 28.8 Å². The number of aliphatic hydroxyl groups is 1. The first kappa shape index (κ1) is 9.68. The highest BCUT2D eigenvalue weighted by Crippen LogP contribution is 2.24. The van der Waals surface area contributed by atoms with E-state index in [1.54, 1.807) is 23.9 Å². The Labute approximate surface area is 87.3 Å². The minimum Gasteiger partial charge on any atom is -0.487 e. The fourth-order valence-electron chi connectivity index (χ4n) is 1.36. The van der Waals surface area contributed by atoms with Gasteiger partial charge in [0.05, 0.1) is 0 Å². The standard InChI is InChI=1S/C10H13NO2S/c11-7-1-3-8(4-2-7)13-10-6-14-5-9(10)12/h1-4,9-10,12H,5-6,11H2/t9-,10-/m1/s1. The van der Waals surface area contributed by atoms with Crippen molar-refractivity contribution in [3.8, 4) is 5.75 Å². The Morgan fingerprint density at radius 1 is 1.29 bits per heavy atom. The maximum absolute atomic E-state index is 9.53. The molecule has 0 spiro atoms. The molecule has 1 heterocycles. The van der Waals surface area contributed by atoms with Crippen LogP contribution in [0.3, 0.4) is 0 Å². The van der Waals surface area contributed by atoms with Gasteiger partial charge < -0.3 is 15.6 Å². The molecule has 1 fully saturated rings. The molecule has 4 heteroatoms. The highest BCUT2D eigenvalue weighted by Gasteiger charge is 2.27. The summed E-state index contributed by atoms with van der Waals surface area (Å²) in [5, 5.41) is 9.53. The van der Waals surface area contributed by atoms with E-state index in [0.29, 0.717) is 0 Å². The van der Waals surface area contributed by atoms with E-state index in [1.165, 1.54) is 0 Å². The third-order valence-corrected chi connectivity index (χ3v) is 3.31. The van der Waals surface area contributed by atoms with Gasteiger partial charge in [0.1, 0.15) is 18.0 Å². The molecule has 0 amide bonds. The van der Waals surface area contributed by atoms with Crippen molar-refractivity contribution >= 4 is 17.4 Å². The molecule has 2 rings (SSSR count). The number of aliphatic hydroxyl groups excluding tert-OH is 1. The van der Waals surface area contributed by atoms with Crippen molar-refractivity contribution < 1.29 is 9.84 Å². The smallest absolute Gasteiger partial charge is 0.134 e. The molecular weight excluding hydrogens is 198 g/mol. The van der Waals surface area contributed by atoms with Gasteiger partial charge in [-0.3, -0.25) is 0 Å². The summed E-state index contributed by atoms with van der Waals surface area (Å²) in [6.07, 6.45) is -0.429. The third kappa shape index (κ3) is 2.13. The van der Waals surface area contributed by atoms with Crippen LogP contribution in [0.25, 0.3) is 0 Å². The number of benzene rings is 1. The summed E-state index contributed by atoms with van der Waals surface area (Å²) in [4.78, 5) is 0. The Morgan fingerprint density at radius 3 is 2.57 bits per heavy atom. The molecule has 76 valence electrons. The molecule has 3 N–H and O–H groups in total. The van der Waals surface area contributed by atoms with E-state index >= 15 is 0 Å². The first-order chi connectivity index (χ1) is 6.75. The van der Waals surface area contributed by atoms with Crippen LogP contribution < -0.4 is 10.5 Å². The van der Waals surface area contributed by atoms with Gasteiger partial charge in [-0.1, -0.05) is 0 Å². The molecular formula is C10H13NO2S. The summed E-state index contributed by atoms with van der Waals surface area (Å²) in [6, 6.07) is 7.24. The van der Waals surface area contributed by atoms with Gasteiger partial charge in [-0.05, 0) is 24.3 Å². The summed E-state index contributed by atoms with van der Waals surface area (Å²) in [5.41, 5.74) is 6.27. The van der Waals surface area contributed by atoms with Gasteiger partial charge in [-0.25, -0.2) is 0 Å². The van der Waals surface area contributed by atoms with Crippen LogP contribution in [0.5, 0.6) is 5.75 Å². The largest absolute Gasteiger partial charge is 0.487 e. The van der Waals surface area contributed by atoms with E-state index in [1.807, 2.05) is 12.1 Å². The highest BCUT2D eigenvalue weighted by atomic mass is 32.2. The number of thioether (sulfide) groups is 1. The fraction of sp³-hybridized carbons (Fsp3) is 0.400. The lowest BCUT2D eigenvalue weighted by atomic mass is 10.2. The number of anilines is 1. The van der Waals surface area contributed by atoms with Gasteiger partial charge in [0, 0.05) is 17.2 Å². The number of hydrogen-bond donors (Lipinski definition) is 2. The highest BCUT2D eigenvalue weighted by molar-refractivity contribution is 7.99. The molecule has 0 saturated carbocycles. The van der Waals surface area contributed by atoms with Crippen LogP contribution in [0.1, 0.15) is 0 Å². The Hall–Kier alpha value is -0.870. The monoisotopic (exact) mass is 211 g/mol. The van der Waals surface area contributed by atoms with Crippen molar-refractivity contribution in [1.29, 1.82) is 0 Å². The summed E-state index contributed by atoms with van der Waals surface area (Å²) >= 11 is 1.71. The zero-order chi connectivity index (χ0) is 9.97. The van der Waals surface area contributed by atoms with Crippen LogP contribution in [0.15, 0.2) is 24.3 Å². The first-order valence-corrected chi connectivity index (χ1v) is 5.69. The molecule has 0 bridgehead atoms. The van der Waals surface area contributed by atoms with Crippen LogP contribution in [0.2, 0.25) is 0 Å². The van der Waals surface area contributed by atoms with E-state index < -0.39 is 0 Å². The molecule has 1 aromatic carbocycles. The van der Waals surface area contributed by atoms with Crippen LogP contribution in [0, 0.1) is 0 Å². The predicted molar refractivity (Wildman–Crippen MR) is 58.6 cm³/mol. The number of ether oxygens (including phenoxy) is 1. The molecule has 1 aliphatic rings. The Kier molecular flexibility index (Phi) is 2.84. The van der Waals surface area contributed by atoms with E-state index in [4.69, 9.17) is 10.5 Å². The predicted octanol–water partition coefficient (Wildman–Crippen LogP) is 1.12. The molecule has 0 unspecified atom stereocenters. The minimum atomic E-state index is -0.349. The quantitative estimate of drug-likeness (QED) is 0.720. The van der Waals surface area contributed by atoms with Gasteiger partial charge in [-0.15, -0.1) is 0 Å². The average Bonchev–Trinajstić information content (AvgIpc) is 2.56. The maximum atomic E-state index is 9.53. The zero-order valence-electron chi connectivity index (χ0n) is 7.72. The van der Waals surface area contributed by atoms with Gasteiger partial charge in [0.15, 0.2) is 0 Å². The van der Waals surface area contributed by atoms with Crippen molar-refractivity contribution in [2.24, 2.45) is 0 Å². The van der Waals surface area contributed by atoms with Crippen LogP contribution in [0.4, 0.5) is 5.69 Å². The fourth-order valence-corrected chi connectivity index (χ4v) is 2.47. The lowest BCUT2D eigenvalue weighted by Gasteiger charge is -2.16. The summed E-state index contributed by atoms with van der Waals surface area (Å²) < 4.78 is 5.62. The van der Waals surface area contributed by atoms with E-state index in [9.17, 15) is 5.11 Å². The first-order valence-electron chi connectivity index (χ1n) is 4.54. The second-order valence-corrected chi connectivity index (χ2v) is 4.41. The second kappa shape index (κ2) is 4.11. The molecule has 0 aliphatic carbocycles. The van der Waals surface area contributed by atoms with Crippen molar-refractivity contribution in [2.45, 2.75) is 12.2 Å². The number of hydrogen-bond acceptors (Lipinski definition) is 4. The van der Waals surface area contributed by atoms with E-state index in [-0.39, 0.29) is 12.2 Å². The van der Waals surface area contributed by atoms with Crippen LogP contribution in [-0.2, 0) is 0 Å².